The van der Waals surface area contributed by atoms with Crippen LogP contribution in [-0.2, 0) is 6.18 Å². The average molecular weight is 470 g/mol. The van der Waals surface area contributed by atoms with Gasteiger partial charge in [-0.1, -0.05) is 12.1 Å². The zero-order valence-electron chi connectivity index (χ0n) is 17.2. The fraction of sp³-hybridized carbons (Fsp3) is 0.227. The van der Waals surface area contributed by atoms with Gasteiger partial charge in [0.1, 0.15) is 16.5 Å². The molecule has 33 heavy (non-hydrogen) atoms. The first-order valence-corrected chi connectivity index (χ1v) is 11.0. The van der Waals surface area contributed by atoms with Crippen LogP contribution in [0, 0.1) is 0 Å². The van der Waals surface area contributed by atoms with Crippen molar-refractivity contribution in [1.29, 1.82) is 0 Å². The van der Waals surface area contributed by atoms with Crippen molar-refractivity contribution < 1.29 is 18.0 Å². The third kappa shape index (κ3) is 4.23. The maximum atomic E-state index is 13.2. The van der Waals surface area contributed by atoms with Crippen molar-refractivity contribution >= 4 is 33.3 Å². The van der Waals surface area contributed by atoms with E-state index in [4.69, 9.17) is 0 Å². The zero-order valence-corrected chi connectivity index (χ0v) is 18.0. The van der Waals surface area contributed by atoms with Gasteiger partial charge in [-0.25, -0.2) is 19.9 Å². The lowest BCUT2D eigenvalue weighted by atomic mass is 10.2. The highest BCUT2D eigenvalue weighted by atomic mass is 32.1. The summed E-state index contributed by atoms with van der Waals surface area (Å²) < 4.78 is 39.3. The summed E-state index contributed by atoms with van der Waals surface area (Å²) in [4.78, 5) is 34.0. The lowest BCUT2D eigenvalue weighted by Gasteiger charge is -2.35. The van der Waals surface area contributed by atoms with Crippen LogP contribution in [0.1, 0.15) is 16.1 Å². The monoisotopic (exact) mass is 470 g/mol. The van der Waals surface area contributed by atoms with Gasteiger partial charge >= 0.3 is 6.18 Å². The molecule has 1 fully saturated rings. The van der Waals surface area contributed by atoms with Crippen LogP contribution in [0.4, 0.5) is 19.0 Å². The third-order valence-corrected chi connectivity index (χ3v) is 6.41. The Kier molecular flexibility index (Phi) is 5.41. The first-order valence-electron chi connectivity index (χ1n) is 10.1. The molecule has 7 nitrogen and oxygen atoms in total. The van der Waals surface area contributed by atoms with Gasteiger partial charge in [0.2, 0.25) is 0 Å². The minimum Gasteiger partial charge on any atom is -0.353 e. The molecule has 1 amide bonds. The molecule has 0 saturated carbocycles. The van der Waals surface area contributed by atoms with E-state index in [9.17, 15) is 18.0 Å². The van der Waals surface area contributed by atoms with Crippen molar-refractivity contribution in [3.05, 3.63) is 66.2 Å². The largest absolute Gasteiger partial charge is 0.417 e. The van der Waals surface area contributed by atoms with Gasteiger partial charge in [-0.15, -0.1) is 11.3 Å². The second-order valence-electron chi connectivity index (χ2n) is 7.42. The molecule has 0 spiro atoms. The summed E-state index contributed by atoms with van der Waals surface area (Å²) in [6.45, 7) is 1.66. The molecular formula is C22H17F3N6OS. The van der Waals surface area contributed by atoms with E-state index in [0.717, 1.165) is 22.5 Å². The number of alkyl halides is 3. The van der Waals surface area contributed by atoms with E-state index in [-0.39, 0.29) is 11.6 Å². The van der Waals surface area contributed by atoms with E-state index in [2.05, 4.69) is 19.9 Å². The van der Waals surface area contributed by atoms with Gasteiger partial charge in [0, 0.05) is 44.8 Å². The molecule has 0 unspecified atom stereocenters. The third-order valence-electron chi connectivity index (χ3n) is 5.36. The van der Waals surface area contributed by atoms with Crippen LogP contribution in [-0.4, -0.2) is 56.9 Å². The van der Waals surface area contributed by atoms with Gasteiger partial charge in [-0.05, 0) is 24.3 Å². The highest BCUT2D eigenvalue weighted by molar-refractivity contribution is 7.21. The van der Waals surface area contributed by atoms with Gasteiger partial charge in [0.15, 0.2) is 5.69 Å². The van der Waals surface area contributed by atoms with Crippen molar-refractivity contribution in [3.8, 4) is 10.7 Å². The van der Waals surface area contributed by atoms with E-state index >= 15 is 0 Å². The number of aromatic nitrogens is 4. The molecule has 5 rings (SSSR count). The Morgan fingerprint density at radius 1 is 0.939 bits per heavy atom. The summed E-state index contributed by atoms with van der Waals surface area (Å²) in [6.07, 6.45) is -0.579. The number of piperazine rings is 1. The normalized spacial score (nSPS) is 14.6. The molecule has 1 aromatic carbocycles. The van der Waals surface area contributed by atoms with Gasteiger partial charge in [-0.2, -0.15) is 13.2 Å². The summed E-state index contributed by atoms with van der Waals surface area (Å²) in [7, 11) is 0. The molecule has 3 aromatic heterocycles. The number of carbonyl (C=O) groups excluding carboxylic acids is 1. The molecule has 0 radical (unpaired) electrons. The number of anilines is 1. The molecular weight excluding hydrogens is 453 g/mol. The van der Waals surface area contributed by atoms with Crippen LogP contribution < -0.4 is 4.90 Å². The molecule has 0 atom stereocenters. The van der Waals surface area contributed by atoms with E-state index in [0.29, 0.717) is 42.7 Å². The Hall–Kier alpha value is -3.60. The molecule has 11 heteroatoms. The minimum atomic E-state index is -4.42. The SMILES string of the molecule is O=C(c1nccnc1-c1nc2ccccc2s1)N1CCN(c2ccc(C(F)(F)F)cn2)CC1. The Morgan fingerprint density at radius 2 is 1.70 bits per heavy atom. The minimum absolute atomic E-state index is 0.234. The maximum absolute atomic E-state index is 13.2. The van der Waals surface area contributed by atoms with Crippen molar-refractivity contribution in [2.24, 2.45) is 0 Å². The van der Waals surface area contributed by atoms with E-state index < -0.39 is 11.7 Å². The smallest absolute Gasteiger partial charge is 0.353 e. The quantitative estimate of drug-likeness (QED) is 0.448. The number of fused-ring (bicyclic) bond motifs is 1. The standard InChI is InChI=1S/C22H17F3N6OS/c23-22(24,25)14-5-6-17(28-13-14)30-9-11-31(12-10-30)21(32)19-18(26-7-8-27-19)20-29-15-3-1-2-4-16(15)33-20/h1-8,13H,9-12H2. The summed E-state index contributed by atoms with van der Waals surface area (Å²) in [5.41, 5.74) is 0.720. The molecule has 4 heterocycles. The predicted octanol–water partition coefficient (Wildman–Crippen LogP) is 4.13. The summed E-state index contributed by atoms with van der Waals surface area (Å²) >= 11 is 1.45. The highest BCUT2D eigenvalue weighted by Gasteiger charge is 2.31. The number of amides is 1. The topological polar surface area (TPSA) is 75.1 Å². The first kappa shape index (κ1) is 21.3. The molecule has 0 aliphatic carbocycles. The summed E-state index contributed by atoms with van der Waals surface area (Å²) in [5, 5.41) is 0.625. The van der Waals surface area contributed by atoms with Crippen molar-refractivity contribution in [2.45, 2.75) is 6.18 Å². The number of nitrogens with zero attached hydrogens (tertiary/aromatic N) is 6. The Balaban J connectivity index is 1.32. The number of hydrogen-bond acceptors (Lipinski definition) is 7. The van der Waals surface area contributed by atoms with Crippen molar-refractivity contribution in [3.63, 3.8) is 0 Å². The number of pyridine rings is 1. The molecule has 0 bridgehead atoms. The summed E-state index contributed by atoms with van der Waals surface area (Å²) in [5.74, 6) is 0.196. The van der Waals surface area contributed by atoms with Crippen LogP contribution in [0.15, 0.2) is 55.0 Å². The molecule has 4 aromatic rings. The second-order valence-corrected chi connectivity index (χ2v) is 8.45. The molecule has 168 valence electrons. The maximum Gasteiger partial charge on any atom is 0.417 e. The summed E-state index contributed by atoms with van der Waals surface area (Å²) in [6, 6.07) is 10.1. The molecule has 1 aliphatic heterocycles. The fourth-order valence-corrected chi connectivity index (χ4v) is 4.62. The number of thiazole rings is 1. The fourth-order valence-electron chi connectivity index (χ4n) is 3.65. The molecule has 1 aliphatic rings. The Morgan fingerprint density at radius 3 is 2.39 bits per heavy atom. The number of carbonyl (C=O) groups is 1. The highest BCUT2D eigenvalue weighted by Crippen LogP contribution is 2.31. The number of hydrogen-bond donors (Lipinski definition) is 0. The lowest BCUT2D eigenvalue weighted by Crippen LogP contribution is -2.49. The van der Waals surface area contributed by atoms with E-state index in [1.807, 2.05) is 29.2 Å². The van der Waals surface area contributed by atoms with Crippen LogP contribution in [0.2, 0.25) is 0 Å². The average Bonchev–Trinajstić information content (AvgIpc) is 3.27. The van der Waals surface area contributed by atoms with Crippen LogP contribution in [0.25, 0.3) is 20.9 Å². The van der Waals surface area contributed by atoms with Crippen LogP contribution in [0.3, 0.4) is 0 Å². The van der Waals surface area contributed by atoms with E-state index in [1.54, 1.807) is 4.90 Å². The van der Waals surface area contributed by atoms with Crippen molar-refractivity contribution in [1.82, 2.24) is 24.8 Å². The zero-order chi connectivity index (χ0) is 23.0. The predicted molar refractivity (Wildman–Crippen MR) is 118 cm³/mol. The van der Waals surface area contributed by atoms with Crippen LogP contribution >= 0.6 is 11.3 Å². The number of para-hydroxylation sites is 1. The van der Waals surface area contributed by atoms with Gasteiger partial charge in [-0.3, -0.25) is 4.79 Å². The Labute approximate surface area is 190 Å². The number of halogens is 3. The number of benzene rings is 1. The number of rotatable bonds is 3. The van der Waals surface area contributed by atoms with Gasteiger partial charge in [0.25, 0.3) is 5.91 Å². The molecule has 0 N–H and O–H groups in total. The van der Waals surface area contributed by atoms with Crippen LogP contribution in [0.5, 0.6) is 0 Å². The first-order chi connectivity index (χ1) is 15.9. The van der Waals surface area contributed by atoms with E-state index in [1.165, 1.54) is 29.8 Å². The molecule has 1 saturated heterocycles. The Bertz CT molecular complexity index is 1270. The van der Waals surface area contributed by atoms with Crippen molar-refractivity contribution in [2.75, 3.05) is 31.1 Å². The van der Waals surface area contributed by atoms with Gasteiger partial charge in [0.05, 0.1) is 15.8 Å². The second kappa shape index (κ2) is 8.39. The lowest BCUT2D eigenvalue weighted by molar-refractivity contribution is -0.137. The van der Waals surface area contributed by atoms with Gasteiger partial charge < -0.3 is 9.80 Å².